The number of methoxy groups -OCH3 is 1. The van der Waals surface area contributed by atoms with Crippen LogP contribution in [0.5, 0.6) is 5.75 Å². The lowest BCUT2D eigenvalue weighted by Crippen LogP contribution is -2.46. The fraction of sp³-hybridized carbons (Fsp3) is 0.550. The third-order valence-electron chi connectivity index (χ3n) is 5.53. The van der Waals surface area contributed by atoms with Gasteiger partial charge >= 0.3 is 0 Å². The second-order valence-corrected chi connectivity index (χ2v) is 7.27. The highest BCUT2D eigenvalue weighted by Crippen LogP contribution is 2.19. The predicted molar refractivity (Wildman–Crippen MR) is 126 cm³/mol. The van der Waals surface area contributed by atoms with Crippen molar-refractivity contribution in [2.24, 2.45) is 4.99 Å². The summed E-state index contributed by atoms with van der Waals surface area (Å²) in [5.74, 6) is 3.17. The number of ether oxygens (including phenoxy) is 2. The van der Waals surface area contributed by atoms with Crippen molar-refractivity contribution in [3.8, 4) is 17.1 Å². The van der Waals surface area contributed by atoms with Crippen molar-refractivity contribution >= 4 is 29.9 Å². The van der Waals surface area contributed by atoms with Crippen LogP contribution in [0, 0.1) is 0 Å². The fourth-order valence-corrected chi connectivity index (χ4v) is 3.91. The van der Waals surface area contributed by atoms with E-state index in [9.17, 15) is 0 Å². The van der Waals surface area contributed by atoms with E-state index in [0.29, 0.717) is 18.4 Å². The Morgan fingerprint density at radius 1 is 1.27 bits per heavy atom. The van der Waals surface area contributed by atoms with Gasteiger partial charge in [-0.05, 0) is 30.7 Å². The van der Waals surface area contributed by atoms with Crippen molar-refractivity contribution in [2.75, 3.05) is 53.6 Å². The third-order valence-corrected chi connectivity index (χ3v) is 5.53. The van der Waals surface area contributed by atoms with E-state index in [1.165, 1.54) is 0 Å². The number of hydrogen-bond acceptors (Lipinski definition) is 6. The Morgan fingerprint density at radius 2 is 2.03 bits per heavy atom. The molecule has 2 fully saturated rings. The second kappa shape index (κ2) is 10.9. The van der Waals surface area contributed by atoms with Crippen LogP contribution in [-0.2, 0) is 11.3 Å². The van der Waals surface area contributed by atoms with E-state index in [4.69, 9.17) is 9.47 Å². The quantitative estimate of drug-likeness (QED) is 0.347. The van der Waals surface area contributed by atoms with Gasteiger partial charge in [-0.3, -0.25) is 15.0 Å². The monoisotopic (exact) mass is 527 g/mol. The number of rotatable bonds is 5. The average molecular weight is 527 g/mol. The van der Waals surface area contributed by atoms with E-state index in [1.54, 1.807) is 7.11 Å². The molecule has 4 rings (SSSR count). The molecule has 0 spiro atoms. The summed E-state index contributed by atoms with van der Waals surface area (Å²) < 4.78 is 10.7. The number of hydrogen-bond donors (Lipinski definition) is 2. The Balaban J connectivity index is 0.00000256. The molecule has 10 heteroatoms. The molecule has 2 aromatic rings. The zero-order chi connectivity index (χ0) is 20.1. The maximum atomic E-state index is 5.47. The number of nitrogens with zero attached hydrogens (tertiary/aromatic N) is 5. The predicted octanol–water partition coefficient (Wildman–Crippen LogP) is 1.58. The number of halogens is 1. The van der Waals surface area contributed by atoms with E-state index in [2.05, 4.69) is 35.3 Å². The van der Waals surface area contributed by atoms with E-state index < -0.39 is 0 Å². The number of benzene rings is 1. The fourth-order valence-electron chi connectivity index (χ4n) is 3.91. The number of aromatic nitrogens is 3. The number of aliphatic imine (C=N–C) groups is 1. The van der Waals surface area contributed by atoms with Crippen LogP contribution in [-0.4, -0.2) is 90.5 Å². The normalized spacial score (nSPS) is 20.1. The molecule has 164 valence electrons. The number of morpholine rings is 1. The van der Waals surface area contributed by atoms with Crippen molar-refractivity contribution in [3.05, 3.63) is 30.1 Å². The first-order valence-corrected chi connectivity index (χ1v) is 10.1. The van der Waals surface area contributed by atoms with Crippen LogP contribution in [0.2, 0.25) is 0 Å². The summed E-state index contributed by atoms with van der Waals surface area (Å²) in [4.78, 5) is 13.9. The molecule has 0 bridgehead atoms. The molecule has 3 heterocycles. The van der Waals surface area contributed by atoms with Gasteiger partial charge in [-0.15, -0.1) is 24.0 Å². The Bertz CT molecular complexity index is 821. The highest BCUT2D eigenvalue weighted by atomic mass is 127. The lowest BCUT2D eigenvalue weighted by Gasteiger charge is -2.32. The molecule has 1 aromatic carbocycles. The molecule has 1 atom stereocenters. The van der Waals surface area contributed by atoms with Crippen LogP contribution < -0.4 is 10.1 Å². The maximum absolute atomic E-state index is 5.47. The van der Waals surface area contributed by atoms with E-state index in [-0.39, 0.29) is 24.0 Å². The average Bonchev–Trinajstić information content (AvgIpc) is 3.45. The third kappa shape index (κ3) is 5.41. The van der Waals surface area contributed by atoms with Gasteiger partial charge in [-0.2, -0.15) is 5.10 Å². The van der Waals surface area contributed by atoms with Crippen molar-refractivity contribution in [1.82, 2.24) is 30.3 Å². The van der Waals surface area contributed by atoms with Gasteiger partial charge in [0, 0.05) is 44.8 Å². The molecule has 1 unspecified atom stereocenters. The first-order chi connectivity index (χ1) is 14.3. The van der Waals surface area contributed by atoms with Gasteiger partial charge in [0.25, 0.3) is 0 Å². The van der Waals surface area contributed by atoms with Crippen LogP contribution in [0.15, 0.2) is 29.3 Å². The van der Waals surface area contributed by atoms with Crippen LogP contribution in [0.25, 0.3) is 11.4 Å². The SMILES string of the molecule is CN=C(NCc1nc(-c2ccc(OC)cc2)n[nH]1)N1CCC(N2CCOCC2)C1.I. The number of H-pyrrole nitrogens is 1. The summed E-state index contributed by atoms with van der Waals surface area (Å²) >= 11 is 0. The minimum atomic E-state index is 0. The summed E-state index contributed by atoms with van der Waals surface area (Å²) in [6.45, 7) is 6.28. The van der Waals surface area contributed by atoms with Gasteiger partial charge in [-0.25, -0.2) is 4.98 Å². The molecule has 30 heavy (non-hydrogen) atoms. The molecular formula is C20H30IN7O2. The molecule has 0 aliphatic carbocycles. The molecule has 2 aliphatic heterocycles. The van der Waals surface area contributed by atoms with Crippen LogP contribution in [0.1, 0.15) is 12.2 Å². The highest BCUT2D eigenvalue weighted by Gasteiger charge is 2.30. The van der Waals surface area contributed by atoms with Gasteiger partial charge in [0.05, 0.1) is 26.9 Å². The van der Waals surface area contributed by atoms with E-state index >= 15 is 0 Å². The first kappa shape index (κ1) is 22.8. The summed E-state index contributed by atoms with van der Waals surface area (Å²) in [7, 11) is 3.48. The Labute approximate surface area is 194 Å². The lowest BCUT2D eigenvalue weighted by molar-refractivity contribution is 0.0195. The van der Waals surface area contributed by atoms with Crippen LogP contribution in [0.4, 0.5) is 0 Å². The smallest absolute Gasteiger partial charge is 0.194 e. The molecule has 0 saturated carbocycles. The standard InChI is InChI=1S/C20H29N7O2.HI/c1-21-20(27-8-7-16(14-27)26-9-11-29-12-10-26)22-13-18-23-19(25-24-18)15-3-5-17(28-2)6-4-15;/h3-6,16H,7-14H2,1-2H3,(H,21,22)(H,23,24,25);1H. The molecule has 0 radical (unpaired) electrons. The molecular weight excluding hydrogens is 497 g/mol. The Hall–Kier alpha value is -1.92. The van der Waals surface area contributed by atoms with Gasteiger partial charge in [-0.1, -0.05) is 0 Å². The Kier molecular flexibility index (Phi) is 8.28. The zero-order valence-corrected chi connectivity index (χ0v) is 19.8. The van der Waals surface area contributed by atoms with Crippen LogP contribution >= 0.6 is 24.0 Å². The number of nitrogens with one attached hydrogen (secondary N) is 2. The molecule has 9 nitrogen and oxygen atoms in total. The summed E-state index contributed by atoms with van der Waals surface area (Å²) in [6.07, 6.45) is 1.16. The summed E-state index contributed by atoms with van der Waals surface area (Å²) in [5, 5.41) is 10.8. The molecule has 2 saturated heterocycles. The minimum absolute atomic E-state index is 0. The van der Waals surface area contributed by atoms with Crippen LogP contribution in [0.3, 0.4) is 0 Å². The largest absolute Gasteiger partial charge is 0.497 e. The second-order valence-electron chi connectivity index (χ2n) is 7.27. The van der Waals surface area contributed by atoms with E-state index in [0.717, 1.165) is 68.9 Å². The lowest BCUT2D eigenvalue weighted by atomic mass is 10.2. The number of aromatic amines is 1. The van der Waals surface area contributed by atoms with Gasteiger partial charge in [0.15, 0.2) is 11.8 Å². The zero-order valence-electron chi connectivity index (χ0n) is 17.5. The van der Waals surface area contributed by atoms with Gasteiger partial charge in [0.2, 0.25) is 0 Å². The van der Waals surface area contributed by atoms with Gasteiger partial charge in [0.1, 0.15) is 11.6 Å². The molecule has 2 aliphatic rings. The van der Waals surface area contributed by atoms with Gasteiger partial charge < -0.3 is 19.7 Å². The number of guanidine groups is 1. The van der Waals surface area contributed by atoms with Crippen molar-refractivity contribution < 1.29 is 9.47 Å². The Morgan fingerprint density at radius 3 is 2.73 bits per heavy atom. The van der Waals surface area contributed by atoms with Crippen molar-refractivity contribution in [3.63, 3.8) is 0 Å². The summed E-state index contributed by atoms with van der Waals surface area (Å²) in [5.41, 5.74) is 0.950. The maximum Gasteiger partial charge on any atom is 0.194 e. The molecule has 1 aromatic heterocycles. The van der Waals surface area contributed by atoms with Crippen molar-refractivity contribution in [1.29, 1.82) is 0 Å². The highest BCUT2D eigenvalue weighted by molar-refractivity contribution is 14.0. The topological polar surface area (TPSA) is 90.9 Å². The molecule has 2 N–H and O–H groups in total. The van der Waals surface area contributed by atoms with Crippen molar-refractivity contribution in [2.45, 2.75) is 19.0 Å². The first-order valence-electron chi connectivity index (χ1n) is 10.1. The minimum Gasteiger partial charge on any atom is -0.497 e. The number of likely N-dealkylation sites (tertiary alicyclic amines) is 1. The summed E-state index contributed by atoms with van der Waals surface area (Å²) in [6, 6.07) is 8.29. The molecule has 0 amide bonds. The van der Waals surface area contributed by atoms with E-state index in [1.807, 2.05) is 31.3 Å².